The minimum atomic E-state index is -4.44. The largest absolute Gasteiger partial charge is 0.447 e. The van der Waals surface area contributed by atoms with Crippen LogP contribution in [0.2, 0.25) is 0 Å². The van der Waals surface area contributed by atoms with Gasteiger partial charge in [0.1, 0.15) is 12.4 Å². The molecule has 2 aliphatic rings. The summed E-state index contributed by atoms with van der Waals surface area (Å²) in [5.41, 5.74) is 0.188. The Kier molecular flexibility index (Phi) is 3.87. The summed E-state index contributed by atoms with van der Waals surface area (Å²) in [7, 11) is 0. The third kappa shape index (κ3) is 3.09. The zero-order valence-electron chi connectivity index (χ0n) is 11.9. The molecule has 23 heavy (non-hydrogen) atoms. The topological polar surface area (TPSA) is 29.5 Å². The van der Waals surface area contributed by atoms with E-state index in [0.29, 0.717) is 24.1 Å². The van der Waals surface area contributed by atoms with Gasteiger partial charge in [-0.25, -0.2) is 9.18 Å². The van der Waals surface area contributed by atoms with Crippen molar-refractivity contribution in [1.29, 1.82) is 0 Å². The van der Waals surface area contributed by atoms with Crippen molar-refractivity contribution in [2.75, 3.05) is 11.5 Å². The number of cyclic esters (lactones) is 1. The predicted octanol–water partition coefficient (Wildman–Crippen LogP) is 4.60. The fourth-order valence-electron chi connectivity index (χ4n) is 2.74. The number of allylic oxidation sites excluding steroid dienone is 3. The second-order valence-corrected chi connectivity index (χ2v) is 5.35. The molecular formula is C16H13F4NO2. The fraction of sp³-hybridized carbons (Fsp3) is 0.312. The maximum Gasteiger partial charge on any atom is 0.416 e. The molecule has 122 valence electrons. The normalized spacial score (nSPS) is 21.8. The number of amides is 1. The van der Waals surface area contributed by atoms with Crippen molar-refractivity contribution < 1.29 is 27.1 Å². The SMILES string of the molecule is O=C1OC[C@H](C2=CC(F)=CCC2)N1c1ccc(C(F)(F)F)cc1. The molecule has 1 aromatic rings. The summed E-state index contributed by atoms with van der Waals surface area (Å²) in [6, 6.07) is 3.76. The first-order valence-corrected chi connectivity index (χ1v) is 7.05. The van der Waals surface area contributed by atoms with Crippen LogP contribution in [-0.4, -0.2) is 18.7 Å². The number of nitrogens with zero attached hydrogens (tertiary/aromatic N) is 1. The number of carbonyl (C=O) groups is 1. The Bertz CT molecular complexity index is 676. The molecule has 3 nitrogen and oxygen atoms in total. The number of anilines is 1. The van der Waals surface area contributed by atoms with Gasteiger partial charge in [0.15, 0.2) is 0 Å². The van der Waals surface area contributed by atoms with Crippen molar-refractivity contribution in [1.82, 2.24) is 0 Å². The molecule has 1 atom stereocenters. The Morgan fingerprint density at radius 2 is 1.87 bits per heavy atom. The summed E-state index contributed by atoms with van der Waals surface area (Å²) < 4.78 is 56.3. The zero-order valence-corrected chi connectivity index (χ0v) is 11.9. The number of halogens is 4. The molecule has 0 radical (unpaired) electrons. The molecule has 0 bridgehead atoms. The van der Waals surface area contributed by atoms with Crippen LogP contribution in [0.1, 0.15) is 18.4 Å². The summed E-state index contributed by atoms with van der Waals surface area (Å²) in [4.78, 5) is 13.2. The van der Waals surface area contributed by atoms with Crippen LogP contribution in [0.3, 0.4) is 0 Å². The molecule has 3 rings (SSSR count). The van der Waals surface area contributed by atoms with E-state index in [9.17, 15) is 22.4 Å². The summed E-state index contributed by atoms with van der Waals surface area (Å²) in [5.74, 6) is -0.377. The lowest BCUT2D eigenvalue weighted by Gasteiger charge is -2.25. The number of rotatable bonds is 2. The molecule has 1 fully saturated rings. The van der Waals surface area contributed by atoms with Crippen molar-refractivity contribution in [3.8, 4) is 0 Å². The maximum atomic E-state index is 13.4. The quantitative estimate of drug-likeness (QED) is 0.743. The molecule has 0 aromatic heterocycles. The van der Waals surface area contributed by atoms with Gasteiger partial charge >= 0.3 is 12.3 Å². The molecule has 1 aromatic carbocycles. The van der Waals surface area contributed by atoms with E-state index < -0.39 is 23.9 Å². The molecule has 0 spiro atoms. The van der Waals surface area contributed by atoms with E-state index in [2.05, 4.69) is 0 Å². The van der Waals surface area contributed by atoms with Crippen LogP contribution >= 0.6 is 0 Å². The lowest BCUT2D eigenvalue weighted by atomic mass is 9.97. The van der Waals surface area contributed by atoms with Crippen LogP contribution in [0.15, 0.2) is 47.8 Å². The van der Waals surface area contributed by atoms with Gasteiger partial charge in [-0.15, -0.1) is 0 Å². The van der Waals surface area contributed by atoms with Gasteiger partial charge in [0.25, 0.3) is 0 Å². The average Bonchev–Trinajstić information content (AvgIpc) is 2.88. The second-order valence-electron chi connectivity index (χ2n) is 5.35. The third-order valence-corrected chi connectivity index (χ3v) is 3.87. The Hall–Kier alpha value is -2.31. The van der Waals surface area contributed by atoms with Crippen LogP contribution in [0, 0.1) is 0 Å². The number of carbonyl (C=O) groups excluding carboxylic acids is 1. The van der Waals surface area contributed by atoms with Crippen molar-refractivity contribution in [2.45, 2.75) is 25.1 Å². The molecule has 0 saturated carbocycles. The van der Waals surface area contributed by atoms with Gasteiger partial charge < -0.3 is 4.74 Å². The van der Waals surface area contributed by atoms with Gasteiger partial charge in [-0.2, -0.15) is 13.2 Å². The van der Waals surface area contributed by atoms with Gasteiger partial charge in [-0.05, 0) is 54.8 Å². The van der Waals surface area contributed by atoms with Crippen LogP contribution in [0.4, 0.5) is 28.0 Å². The van der Waals surface area contributed by atoms with Crippen LogP contribution in [0.5, 0.6) is 0 Å². The highest BCUT2D eigenvalue weighted by Gasteiger charge is 2.37. The summed E-state index contributed by atoms with van der Waals surface area (Å²) in [5, 5.41) is 0. The number of ether oxygens (including phenoxy) is 1. The predicted molar refractivity (Wildman–Crippen MR) is 75.6 cm³/mol. The molecular weight excluding hydrogens is 314 g/mol. The summed E-state index contributed by atoms with van der Waals surface area (Å²) in [6.45, 7) is 0.0545. The van der Waals surface area contributed by atoms with Gasteiger partial charge in [-0.3, -0.25) is 4.90 Å². The Morgan fingerprint density at radius 1 is 1.17 bits per heavy atom. The first-order valence-electron chi connectivity index (χ1n) is 7.05. The first-order chi connectivity index (χ1) is 10.9. The van der Waals surface area contributed by atoms with E-state index in [0.717, 1.165) is 12.1 Å². The van der Waals surface area contributed by atoms with E-state index in [1.165, 1.54) is 29.2 Å². The molecule has 1 aliphatic carbocycles. The van der Waals surface area contributed by atoms with Crippen molar-refractivity contribution >= 4 is 11.8 Å². The highest BCUT2D eigenvalue weighted by atomic mass is 19.4. The number of benzene rings is 1. The molecule has 0 N–H and O–H groups in total. The highest BCUT2D eigenvalue weighted by molar-refractivity contribution is 5.91. The fourth-order valence-corrected chi connectivity index (χ4v) is 2.74. The summed E-state index contributed by atoms with van der Waals surface area (Å²) >= 11 is 0. The first kappa shape index (κ1) is 15.6. The van der Waals surface area contributed by atoms with Gasteiger partial charge in [0.05, 0.1) is 11.6 Å². The van der Waals surface area contributed by atoms with Crippen LogP contribution < -0.4 is 4.90 Å². The van der Waals surface area contributed by atoms with E-state index >= 15 is 0 Å². The van der Waals surface area contributed by atoms with Crippen molar-refractivity contribution in [3.05, 3.63) is 53.4 Å². The molecule has 1 aliphatic heterocycles. The molecule has 1 amide bonds. The Morgan fingerprint density at radius 3 is 2.48 bits per heavy atom. The number of alkyl halides is 3. The molecule has 1 saturated heterocycles. The highest BCUT2D eigenvalue weighted by Crippen LogP contribution is 2.34. The minimum absolute atomic E-state index is 0.0545. The van der Waals surface area contributed by atoms with E-state index in [4.69, 9.17) is 4.74 Å². The maximum absolute atomic E-state index is 13.4. The van der Waals surface area contributed by atoms with E-state index in [-0.39, 0.29) is 12.4 Å². The molecule has 1 heterocycles. The second kappa shape index (κ2) is 5.72. The van der Waals surface area contributed by atoms with Crippen LogP contribution in [0.25, 0.3) is 0 Å². The Balaban J connectivity index is 1.90. The molecule has 0 unspecified atom stereocenters. The number of hydrogen-bond acceptors (Lipinski definition) is 2. The Labute approximate surface area is 129 Å². The van der Waals surface area contributed by atoms with Gasteiger partial charge in [-0.1, -0.05) is 0 Å². The van der Waals surface area contributed by atoms with Crippen molar-refractivity contribution in [2.24, 2.45) is 0 Å². The molecule has 7 heteroatoms. The van der Waals surface area contributed by atoms with Crippen molar-refractivity contribution in [3.63, 3.8) is 0 Å². The monoisotopic (exact) mass is 327 g/mol. The average molecular weight is 327 g/mol. The minimum Gasteiger partial charge on any atom is -0.447 e. The number of hydrogen-bond donors (Lipinski definition) is 0. The standard InChI is InChI=1S/C16H13F4NO2/c17-12-3-1-2-10(8-12)14-9-23-15(22)21(14)13-6-4-11(5-7-13)16(18,19)20/h3-8,14H,1-2,9H2/t14-/m1/s1. The lowest BCUT2D eigenvalue weighted by Crippen LogP contribution is -2.35. The summed E-state index contributed by atoms with van der Waals surface area (Å²) in [6.07, 6.45) is -1.19. The van der Waals surface area contributed by atoms with Gasteiger partial charge in [0, 0.05) is 5.69 Å². The van der Waals surface area contributed by atoms with E-state index in [1.54, 1.807) is 0 Å². The smallest absolute Gasteiger partial charge is 0.416 e. The lowest BCUT2D eigenvalue weighted by molar-refractivity contribution is -0.137. The zero-order chi connectivity index (χ0) is 16.6. The van der Waals surface area contributed by atoms with E-state index in [1.807, 2.05) is 0 Å². The van der Waals surface area contributed by atoms with Gasteiger partial charge in [0.2, 0.25) is 0 Å². The third-order valence-electron chi connectivity index (χ3n) is 3.87. The van der Waals surface area contributed by atoms with Crippen LogP contribution in [-0.2, 0) is 10.9 Å².